The molecule has 2 nitrogen and oxygen atoms in total. The Balaban J connectivity index is 3.71. The van der Waals surface area contributed by atoms with Crippen LogP contribution in [0.5, 0.6) is 0 Å². The molecule has 0 saturated carbocycles. The standard InChI is InChI=1S/C6H6ClF4NO/c7-4(1-12)2-13-3-6(10,11)5(8)9/h4-5H,2-3H2. The van der Waals surface area contributed by atoms with E-state index in [-0.39, 0.29) is 0 Å². The van der Waals surface area contributed by atoms with Crippen molar-refractivity contribution in [3.63, 3.8) is 0 Å². The van der Waals surface area contributed by atoms with Crippen LogP contribution in [-0.2, 0) is 4.74 Å². The van der Waals surface area contributed by atoms with Gasteiger partial charge in [0.05, 0.1) is 12.7 Å². The third-order valence-electron chi connectivity index (χ3n) is 1.02. The largest absolute Gasteiger partial charge is 0.372 e. The number of hydrogen-bond acceptors (Lipinski definition) is 2. The Kier molecular flexibility index (Phi) is 5.03. The highest BCUT2D eigenvalue weighted by Gasteiger charge is 2.41. The first-order valence-electron chi connectivity index (χ1n) is 3.17. The summed E-state index contributed by atoms with van der Waals surface area (Å²) in [5, 5.41) is 6.97. The highest BCUT2D eigenvalue weighted by atomic mass is 35.5. The summed E-state index contributed by atoms with van der Waals surface area (Å²) in [6.45, 7) is -1.93. The number of alkyl halides is 5. The summed E-state index contributed by atoms with van der Waals surface area (Å²) in [7, 11) is 0. The molecule has 0 aliphatic carbocycles. The van der Waals surface area contributed by atoms with E-state index in [1.165, 1.54) is 6.07 Å². The lowest BCUT2D eigenvalue weighted by molar-refractivity contribution is -0.165. The summed E-state index contributed by atoms with van der Waals surface area (Å²) in [6.07, 6.45) is -3.77. The van der Waals surface area contributed by atoms with Crippen molar-refractivity contribution in [2.45, 2.75) is 17.7 Å². The molecular formula is C6H6ClF4NO. The molecule has 0 N–H and O–H groups in total. The zero-order chi connectivity index (χ0) is 10.5. The zero-order valence-electron chi connectivity index (χ0n) is 6.31. The fourth-order valence-electron chi connectivity index (χ4n) is 0.399. The second-order valence-corrected chi connectivity index (χ2v) is 2.70. The predicted molar refractivity (Wildman–Crippen MR) is 37.0 cm³/mol. The number of hydrogen-bond donors (Lipinski definition) is 0. The van der Waals surface area contributed by atoms with Gasteiger partial charge in [-0.05, 0) is 0 Å². The van der Waals surface area contributed by atoms with E-state index in [2.05, 4.69) is 4.74 Å². The summed E-state index contributed by atoms with van der Waals surface area (Å²) in [4.78, 5) is 0. The van der Waals surface area contributed by atoms with E-state index in [4.69, 9.17) is 16.9 Å². The molecule has 0 radical (unpaired) electrons. The van der Waals surface area contributed by atoms with Gasteiger partial charge in [-0.2, -0.15) is 14.0 Å². The van der Waals surface area contributed by atoms with Crippen LogP contribution >= 0.6 is 11.6 Å². The average Bonchev–Trinajstić information content (AvgIpc) is 2.03. The Morgan fingerprint density at radius 1 is 1.46 bits per heavy atom. The molecule has 0 aromatic carbocycles. The van der Waals surface area contributed by atoms with Gasteiger partial charge in [0, 0.05) is 0 Å². The van der Waals surface area contributed by atoms with Crippen LogP contribution in [0.25, 0.3) is 0 Å². The maximum Gasteiger partial charge on any atom is 0.330 e. The fourth-order valence-corrected chi connectivity index (χ4v) is 0.488. The molecule has 0 fully saturated rings. The van der Waals surface area contributed by atoms with Crippen molar-refractivity contribution in [2.75, 3.05) is 13.2 Å². The SMILES string of the molecule is N#CC(Cl)COCC(F)(F)C(F)F. The Morgan fingerprint density at radius 3 is 2.38 bits per heavy atom. The summed E-state index contributed by atoms with van der Waals surface area (Å²) >= 11 is 5.16. The van der Waals surface area contributed by atoms with Gasteiger partial charge < -0.3 is 4.74 Å². The van der Waals surface area contributed by atoms with E-state index in [0.29, 0.717) is 0 Å². The number of nitrogens with zero attached hydrogens (tertiary/aromatic N) is 1. The minimum Gasteiger partial charge on any atom is -0.372 e. The van der Waals surface area contributed by atoms with Crippen LogP contribution in [-0.4, -0.2) is 30.9 Å². The van der Waals surface area contributed by atoms with Crippen molar-refractivity contribution < 1.29 is 22.3 Å². The van der Waals surface area contributed by atoms with Gasteiger partial charge in [-0.1, -0.05) is 0 Å². The maximum absolute atomic E-state index is 12.1. The number of rotatable bonds is 5. The molecule has 0 rings (SSSR count). The average molecular weight is 220 g/mol. The Morgan fingerprint density at radius 2 is 2.00 bits per heavy atom. The number of halogens is 5. The summed E-state index contributed by atoms with van der Waals surface area (Å²) in [6, 6.07) is 1.49. The molecule has 0 aliphatic heterocycles. The normalized spacial score (nSPS) is 14.2. The van der Waals surface area contributed by atoms with Gasteiger partial charge in [0.15, 0.2) is 0 Å². The van der Waals surface area contributed by atoms with Crippen LogP contribution in [0.2, 0.25) is 0 Å². The highest BCUT2D eigenvalue weighted by Crippen LogP contribution is 2.22. The first-order valence-corrected chi connectivity index (χ1v) is 3.61. The maximum atomic E-state index is 12.1. The topological polar surface area (TPSA) is 33.0 Å². The van der Waals surface area contributed by atoms with Crippen molar-refractivity contribution in [3.8, 4) is 6.07 Å². The molecule has 0 spiro atoms. The van der Waals surface area contributed by atoms with Gasteiger partial charge in [-0.3, -0.25) is 0 Å². The van der Waals surface area contributed by atoms with Crippen molar-refractivity contribution in [3.05, 3.63) is 0 Å². The molecule has 13 heavy (non-hydrogen) atoms. The van der Waals surface area contributed by atoms with Crippen molar-refractivity contribution in [2.24, 2.45) is 0 Å². The second kappa shape index (κ2) is 5.25. The summed E-state index contributed by atoms with van der Waals surface area (Å²) in [5.74, 6) is -4.19. The first kappa shape index (κ1) is 12.5. The lowest BCUT2D eigenvalue weighted by Gasteiger charge is -2.14. The van der Waals surface area contributed by atoms with E-state index in [9.17, 15) is 17.6 Å². The lowest BCUT2D eigenvalue weighted by atomic mass is 10.4. The van der Waals surface area contributed by atoms with Gasteiger partial charge >= 0.3 is 12.3 Å². The fraction of sp³-hybridized carbons (Fsp3) is 0.833. The number of ether oxygens (including phenoxy) is 1. The van der Waals surface area contributed by atoms with Crippen LogP contribution in [0.1, 0.15) is 0 Å². The molecule has 0 saturated heterocycles. The summed E-state index contributed by atoms with van der Waals surface area (Å²) in [5.41, 5.74) is 0. The third-order valence-corrected chi connectivity index (χ3v) is 1.24. The smallest absolute Gasteiger partial charge is 0.330 e. The van der Waals surface area contributed by atoms with Gasteiger partial charge in [0.1, 0.15) is 12.0 Å². The summed E-state index contributed by atoms with van der Waals surface area (Å²) < 4.78 is 51.3. The van der Waals surface area contributed by atoms with Crippen LogP contribution < -0.4 is 0 Å². The van der Waals surface area contributed by atoms with Crippen LogP contribution in [0.15, 0.2) is 0 Å². The molecule has 7 heteroatoms. The van der Waals surface area contributed by atoms with E-state index in [0.717, 1.165) is 0 Å². The van der Waals surface area contributed by atoms with E-state index < -0.39 is 30.9 Å². The van der Waals surface area contributed by atoms with Gasteiger partial charge in [-0.25, -0.2) is 8.78 Å². The van der Waals surface area contributed by atoms with Crippen LogP contribution in [0, 0.1) is 11.3 Å². The van der Waals surface area contributed by atoms with Crippen LogP contribution in [0.3, 0.4) is 0 Å². The highest BCUT2D eigenvalue weighted by molar-refractivity contribution is 6.22. The molecule has 76 valence electrons. The molecule has 1 unspecified atom stereocenters. The molecule has 0 bridgehead atoms. The Labute approximate surface area is 77.0 Å². The molecule has 0 aromatic rings. The first-order chi connectivity index (χ1) is 5.90. The van der Waals surface area contributed by atoms with E-state index in [1.807, 2.05) is 0 Å². The van der Waals surface area contributed by atoms with Gasteiger partial charge in [0.25, 0.3) is 0 Å². The molecule has 1 atom stereocenters. The molecule has 0 aromatic heterocycles. The second-order valence-electron chi connectivity index (χ2n) is 2.17. The van der Waals surface area contributed by atoms with Crippen LogP contribution in [0.4, 0.5) is 17.6 Å². The molecule has 0 aliphatic rings. The van der Waals surface area contributed by atoms with Crippen molar-refractivity contribution in [1.29, 1.82) is 5.26 Å². The minimum atomic E-state index is -4.19. The third kappa shape index (κ3) is 4.90. The monoisotopic (exact) mass is 219 g/mol. The zero-order valence-corrected chi connectivity index (χ0v) is 7.07. The Hall–Kier alpha value is -0.540. The Bertz CT molecular complexity index is 194. The van der Waals surface area contributed by atoms with E-state index >= 15 is 0 Å². The molecular weight excluding hydrogens is 214 g/mol. The number of nitriles is 1. The lowest BCUT2D eigenvalue weighted by Crippen LogP contribution is -2.33. The van der Waals surface area contributed by atoms with Crippen molar-refractivity contribution >= 4 is 11.6 Å². The molecule has 0 amide bonds. The minimum absolute atomic E-state index is 0.500. The quantitative estimate of drug-likeness (QED) is 0.524. The molecule has 0 heterocycles. The predicted octanol–water partition coefficient (Wildman–Crippen LogP) is 2.03. The van der Waals surface area contributed by atoms with Gasteiger partial charge in [-0.15, -0.1) is 11.6 Å². The van der Waals surface area contributed by atoms with Gasteiger partial charge in [0.2, 0.25) is 0 Å². The van der Waals surface area contributed by atoms with Crippen molar-refractivity contribution in [1.82, 2.24) is 0 Å². The van der Waals surface area contributed by atoms with E-state index in [1.54, 1.807) is 0 Å².